The van der Waals surface area contributed by atoms with Gasteiger partial charge in [0, 0.05) is 12.2 Å². The molecule has 5 heteroatoms. The maximum Gasteiger partial charge on any atom is 0.139 e. The molecule has 0 unspecified atom stereocenters. The molecule has 0 aliphatic rings. The highest BCUT2D eigenvalue weighted by Crippen LogP contribution is 2.13. The number of nitrogens with one attached hydrogen (secondary N) is 1. The van der Waals surface area contributed by atoms with E-state index in [9.17, 15) is 4.39 Å². The van der Waals surface area contributed by atoms with Gasteiger partial charge in [-0.25, -0.2) is 4.39 Å². The molecule has 0 fully saturated rings. The van der Waals surface area contributed by atoms with Gasteiger partial charge in [0.2, 0.25) is 0 Å². The van der Waals surface area contributed by atoms with Crippen molar-refractivity contribution in [1.29, 1.82) is 5.41 Å². The molecule has 0 radical (unpaired) electrons. The summed E-state index contributed by atoms with van der Waals surface area (Å²) >= 11 is 0. The fourth-order valence-corrected chi connectivity index (χ4v) is 1.55. The number of hydrogen-bond acceptors (Lipinski definition) is 3. The number of unbranched alkanes of at least 4 members (excludes halogenated alkanes) is 1. The van der Waals surface area contributed by atoms with Gasteiger partial charge in [-0.1, -0.05) is 25.5 Å². The van der Waals surface area contributed by atoms with Crippen LogP contribution in [0.1, 0.15) is 30.9 Å². The van der Waals surface area contributed by atoms with Crippen molar-refractivity contribution in [1.82, 2.24) is 0 Å². The maximum absolute atomic E-state index is 13.9. The predicted octanol–water partition coefficient (Wildman–Crippen LogP) is 2.44. The van der Waals surface area contributed by atoms with Gasteiger partial charge < -0.3 is 15.2 Å². The molecule has 0 amide bonds. The zero-order valence-electron chi connectivity index (χ0n) is 11.2. The maximum atomic E-state index is 13.9. The third-order valence-electron chi connectivity index (χ3n) is 2.64. The summed E-state index contributed by atoms with van der Waals surface area (Å²) in [6.45, 7) is 3.92. The van der Waals surface area contributed by atoms with Gasteiger partial charge in [0.15, 0.2) is 0 Å². The second-order valence-electron chi connectivity index (χ2n) is 4.21. The molecule has 0 aliphatic carbocycles. The quantitative estimate of drug-likeness (QED) is 0.410. The van der Waals surface area contributed by atoms with Crippen LogP contribution >= 0.6 is 0 Å². The Morgan fingerprint density at radius 1 is 1.26 bits per heavy atom. The lowest BCUT2D eigenvalue weighted by molar-refractivity contribution is 0.0388. The average molecular weight is 268 g/mol. The summed E-state index contributed by atoms with van der Waals surface area (Å²) in [6.07, 6.45) is 2.14. The van der Waals surface area contributed by atoms with E-state index in [-0.39, 0.29) is 18.0 Å². The lowest BCUT2D eigenvalue weighted by Crippen LogP contribution is -2.14. The number of amidine groups is 1. The van der Waals surface area contributed by atoms with Crippen LogP contribution in [0.3, 0.4) is 0 Å². The Morgan fingerprint density at radius 2 is 2.00 bits per heavy atom. The van der Waals surface area contributed by atoms with Crippen LogP contribution in [0.15, 0.2) is 18.2 Å². The normalized spacial score (nSPS) is 10.6. The van der Waals surface area contributed by atoms with Crippen LogP contribution in [0.4, 0.5) is 4.39 Å². The average Bonchev–Trinajstić information content (AvgIpc) is 2.39. The zero-order chi connectivity index (χ0) is 14.1. The van der Waals surface area contributed by atoms with Crippen molar-refractivity contribution in [2.45, 2.75) is 26.4 Å². The Labute approximate surface area is 113 Å². The highest BCUT2D eigenvalue weighted by atomic mass is 19.1. The smallest absolute Gasteiger partial charge is 0.139 e. The minimum absolute atomic E-state index is 0.111. The fourth-order valence-electron chi connectivity index (χ4n) is 1.55. The molecular weight excluding hydrogens is 247 g/mol. The summed E-state index contributed by atoms with van der Waals surface area (Å²) in [4.78, 5) is 0. The molecule has 0 bridgehead atoms. The first-order valence-electron chi connectivity index (χ1n) is 6.44. The number of benzene rings is 1. The van der Waals surface area contributed by atoms with Crippen LogP contribution < -0.4 is 5.73 Å². The van der Waals surface area contributed by atoms with Crippen molar-refractivity contribution in [3.8, 4) is 0 Å². The van der Waals surface area contributed by atoms with Gasteiger partial charge in [-0.3, -0.25) is 5.41 Å². The van der Waals surface area contributed by atoms with Crippen molar-refractivity contribution in [2.24, 2.45) is 5.73 Å². The van der Waals surface area contributed by atoms with Gasteiger partial charge in [0.25, 0.3) is 0 Å². The zero-order valence-corrected chi connectivity index (χ0v) is 11.2. The fraction of sp³-hybridized carbons (Fsp3) is 0.500. The van der Waals surface area contributed by atoms with E-state index in [1.54, 1.807) is 12.1 Å². The Morgan fingerprint density at radius 3 is 2.68 bits per heavy atom. The third kappa shape index (κ3) is 5.36. The molecule has 1 rings (SSSR count). The molecule has 4 nitrogen and oxygen atoms in total. The highest BCUT2D eigenvalue weighted by molar-refractivity contribution is 5.95. The first kappa shape index (κ1) is 15.6. The van der Waals surface area contributed by atoms with Crippen molar-refractivity contribution in [2.75, 3.05) is 19.8 Å². The molecule has 1 aromatic rings. The van der Waals surface area contributed by atoms with E-state index in [0.29, 0.717) is 18.8 Å². The van der Waals surface area contributed by atoms with E-state index in [1.165, 1.54) is 6.07 Å². The lowest BCUT2D eigenvalue weighted by atomic mass is 10.1. The van der Waals surface area contributed by atoms with E-state index in [4.69, 9.17) is 20.6 Å². The summed E-state index contributed by atoms with van der Waals surface area (Å²) < 4.78 is 24.5. The first-order valence-corrected chi connectivity index (χ1v) is 6.44. The van der Waals surface area contributed by atoms with Gasteiger partial charge in [-0.05, 0) is 12.5 Å². The SMILES string of the molecule is CCCCOCCOCc1cccc(C(=N)N)c1F. The Balaban J connectivity index is 2.33. The molecule has 0 saturated carbocycles. The van der Waals surface area contributed by atoms with Gasteiger partial charge in [0.05, 0.1) is 25.4 Å². The van der Waals surface area contributed by atoms with Gasteiger partial charge in [-0.15, -0.1) is 0 Å². The Bertz CT molecular complexity index is 410. The predicted molar refractivity (Wildman–Crippen MR) is 72.8 cm³/mol. The molecule has 1 aromatic carbocycles. The molecular formula is C14H21FN2O2. The number of hydrogen-bond donors (Lipinski definition) is 2. The van der Waals surface area contributed by atoms with Crippen LogP contribution in [-0.2, 0) is 16.1 Å². The van der Waals surface area contributed by atoms with Crippen molar-refractivity contribution in [3.05, 3.63) is 35.1 Å². The van der Waals surface area contributed by atoms with E-state index in [2.05, 4.69) is 6.92 Å². The van der Waals surface area contributed by atoms with Gasteiger partial charge >= 0.3 is 0 Å². The van der Waals surface area contributed by atoms with E-state index in [1.807, 2.05) is 0 Å². The number of ether oxygens (including phenoxy) is 2. The number of halogens is 1. The monoisotopic (exact) mass is 268 g/mol. The van der Waals surface area contributed by atoms with Crippen LogP contribution in [0.25, 0.3) is 0 Å². The largest absolute Gasteiger partial charge is 0.384 e. The minimum Gasteiger partial charge on any atom is -0.384 e. The summed E-state index contributed by atoms with van der Waals surface area (Å²) in [7, 11) is 0. The highest BCUT2D eigenvalue weighted by Gasteiger charge is 2.09. The second kappa shape index (κ2) is 8.61. The van der Waals surface area contributed by atoms with Crippen LogP contribution in [0, 0.1) is 11.2 Å². The molecule has 0 spiro atoms. The van der Waals surface area contributed by atoms with Crippen LogP contribution in [0.2, 0.25) is 0 Å². The topological polar surface area (TPSA) is 68.3 Å². The van der Waals surface area contributed by atoms with Crippen molar-refractivity contribution in [3.63, 3.8) is 0 Å². The van der Waals surface area contributed by atoms with E-state index < -0.39 is 5.82 Å². The molecule has 19 heavy (non-hydrogen) atoms. The van der Waals surface area contributed by atoms with Gasteiger partial charge in [-0.2, -0.15) is 0 Å². The number of rotatable bonds is 9. The molecule has 106 valence electrons. The number of nitrogen functional groups attached to an aromatic ring is 1. The first-order chi connectivity index (χ1) is 9.16. The standard InChI is InChI=1S/C14H21FN2O2/c1-2-3-7-18-8-9-19-10-11-5-4-6-12(13(11)15)14(16)17/h4-6H,2-3,7-10H2,1H3,(H3,16,17). The van der Waals surface area contributed by atoms with E-state index in [0.717, 1.165) is 19.4 Å². The van der Waals surface area contributed by atoms with Crippen molar-refractivity contribution < 1.29 is 13.9 Å². The lowest BCUT2D eigenvalue weighted by Gasteiger charge is -2.08. The molecule has 0 heterocycles. The molecule has 3 N–H and O–H groups in total. The van der Waals surface area contributed by atoms with E-state index >= 15 is 0 Å². The number of nitrogens with two attached hydrogens (primary N) is 1. The molecule has 0 aromatic heterocycles. The summed E-state index contributed by atoms with van der Waals surface area (Å²) in [5.41, 5.74) is 5.80. The summed E-state index contributed by atoms with van der Waals surface area (Å²) in [5.74, 6) is -0.760. The van der Waals surface area contributed by atoms with Gasteiger partial charge in [0.1, 0.15) is 11.7 Å². The summed E-state index contributed by atoms with van der Waals surface area (Å²) in [6, 6.07) is 4.77. The molecule has 0 aliphatic heterocycles. The van der Waals surface area contributed by atoms with Crippen molar-refractivity contribution >= 4 is 5.84 Å². The Kier molecular flexibility index (Phi) is 7.07. The molecule has 0 atom stereocenters. The molecule has 0 saturated heterocycles. The Hall–Kier alpha value is -1.46. The van der Waals surface area contributed by atoms with Crippen LogP contribution in [0.5, 0.6) is 0 Å². The van der Waals surface area contributed by atoms with Crippen LogP contribution in [-0.4, -0.2) is 25.7 Å². The summed E-state index contributed by atoms with van der Waals surface area (Å²) in [5, 5.41) is 7.26. The second-order valence-corrected chi connectivity index (χ2v) is 4.21. The third-order valence-corrected chi connectivity index (χ3v) is 2.64. The minimum atomic E-state index is -0.484.